The number of carbonyl (C=O) groups is 2. The van der Waals surface area contributed by atoms with Gasteiger partial charge < -0.3 is 19.5 Å². The first kappa shape index (κ1) is 18.1. The van der Waals surface area contributed by atoms with Crippen molar-refractivity contribution in [3.63, 3.8) is 0 Å². The summed E-state index contributed by atoms with van der Waals surface area (Å²) in [6.07, 6.45) is -0.484. The van der Waals surface area contributed by atoms with Gasteiger partial charge in [-0.05, 0) is 44.9 Å². The molecule has 6 nitrogen and oxygen atoms in total. The minimum absolute atomic E-state index is 0.131. The number of amides is 1. The lowest BCUT2D eigenvalue weighted by molar-refractivity contribution is -0.141. The first-order valence-electron chi connectivity index (χ1n) is 7.97. The molecule has 0 aromatic heterocycles. The number of carbonyl (C=O) groups excluding carboxylic acids is 1. The van der Waals surface area contributed by atoms with Crippen molar-refractivity contribution >= 4 is 12.1 Å². The van der Waals surface area contributed by atoms with E-state index < -0.39 is 23.6 Å². The first-order valence-corrected chi connectivity index (χ1v) is 7.97. The Morgan fingerprint density at radius 1 is 1.25 bits per heavy atom. The highest BCUT2D eigenvalue weighted by Crippen LogP contribution is 2.38. The van der Waals surface area contributed by atoms with Crippen LogP contribution in [0.2, 0.25) is 0 Å². The number of hydrogen-bond acceptors (Lipinski definition) is 4. The van der Waals surface area contributed by atoms with Crippen molar-refractivity contribution in [3.8, 4) is 5.75 Å². The van der Waals surface area contributed by atoms with Crippen LogP contribution >= 0.6 is 0 Å². The van der Waals surface area contributed by atoms with E-state index in [1.165, 1.54) is 4.90 Å². The molecule has 2 rings (SSSR count). The van der Waals surface area contributed by atoms with Crippen LogP contribution in [0.15, 0.2) is 18.2 Å². The van der Waals surface area contributed by atoms with Crippen molar-refractivity contribution in [1.29, 1.82) is 0 Å². The Hall–Kier alpha value is -2.24. The van der Waals surface area contributed by atoms with E-state index in [9.17, 15) is 14.7 Å². The molecule has 1 saturated heterocycles. The predicted molar refractivity (Wildman–Crippen MR) is 89.4 cm³/mol. The molecular weight excluding hydrogens is 310 g/mol. The third-order valence-corrected chi connectivity index (χ3v) is 4.08. The van der Waals surface area contributed by atoms with Gasteiger partial charge in [0, 0.05) is 19.0 Å². The van der Waals surface area contributed by atoms with Crippen molar-refractivity contribution in [1.82, 2.24) is 4.90 Å². The number of carboxylic acids is 1. The number of rotatable bonds is 3. The summed E-state index contributed by atoms with van der Waals surface area (Å²) in [6.45, 7) is 7.74. The van der Waals surface area contributed by atoms with Gasteiger partial charge in [-0.2, -0.15) is 0 Å². The van der Waals surface area contributed by atoms with Gasteiger partial charge in [-0.25, -0.2) is 4.79 Å². The van der Waals surface area contributed by atoms with Crippen LogP contribution in [0.25, 0.3) is 0 Å². The van der Waals surface area contributed by atoms with E-state index in [4.69, 9.17) is 9.47 Å². The van der Waals surface area contributed by atoms with Crippen LogP contribution in [0, 0.1) is 12.8 Å². The van der Waals surface area contributed by atoms with E-state index in [0.29, 0.717) is 12.3 Å². The highest BCUT2D eigenvalue weighted by atomic mass is 16.6. The Bertz CT molecular complexity index is 635. The van der Waals surface area contributed by atoms with Gasteiger partial charge in [0.05, 0.1) is 13.0 Å². The number of ether oxygens (including phenoxy) is 2. The summed E-state index contributed by atoms with van der Waals surface area (Å²) in [4.78, 5) is 25.4. The number of methoxy groups -OCH3 is 1. The maximum atomic E-state index is 12.3. The Morgan fingerprint density at radius 2 is 1.92 bits per heavy atom. The van der Waals surface area contributed by atoms with Crippen LogP contribution in [0.3, 0.4) is 0 Å². The molecule has 132 valence electrons. The standard InChI is InChI=1S/C18H25NO5/c1-11-6-7-12(15(8-11)23-5)13-9-19(10-14(13)16(20)21)17(22)24-18(2,3)4/h6-8,13-14H,9-10H2,1-5H3,(H,20,21)/t13-,14+/m0/s1. The zero-order valence-electron chi connectivity index (χ0n) is 14.8. The molecule has 1 amide bonds. The predicted octanol–water partition coefficient (Wildman–Crippen LogP) is 3.04. The molecule has 2 atom stereocenters. The van der Waals surface area contributed by atoms with Gasteiger partial charge in [-0.1, -0.05) is 12.1 Å². The smallest absolute Gasteiger partial charge is 0.410 e. The third-order valence-electron chi connectivity index (χ3n) is 4.08. The van der Waals surface area contributed by atoms with Crippen molar-refractivity contribution in [3.05, 3.63) is 29.3 Å². The quantitative estimate of drug-likeness (QED) is 0.919. The molecule has 1 N–H and O–H groups in total. The minimum atomic E-state index is -0.923. The molecule has 6 heteroatoms. The largest absolute Gasteiger partial charge is 0.496 e. The van der Waals surface area contributed by atoms with E-state index in [2.05, 4.69) is 0 Å². The Morgan fingerprint density at radius 3 is 2.46 bits per heavy atom. The molecular formula is C18H25NO5. The molecule has 1 fully saturated rings. The molecule has 0 bridgehead atoms. The van der Waals surface area contributed by atoms with E-state index in [-0.39, 0.29) is 12.5 Å². The summed E-state index contributed by atoms with van der Waals surface area (Å²) in [5, 5.41) is 9.58. The molecule has 1 aromatic carbocycles. The van der Waals surface area contributed by atoms with Crippen LogP contribution in [0.5, 0.6) is 5.75 Å². The maximum Gasteiger partial charge on any atom is 0.410 e. The number of benzene rings is 1. The van der Waals surface area contributed by atoms with E-state index in [1.54, 1.807) is 27.9 Å². The highest BCUT2D eigenvalue weighted by molar-refractivity contribution is 5.76. The van der Waals surface area contributed by atoms with Crippen LogP contribution in [0.4, 0.5) is 4.79 Å². The molecule has 0 aliphatic carbocycles. The fourth-order valence-corrected chi connectivity index (χ4v) is 2.97. The summed E-state index contributed by atoms with van der Waals surface area (Å²) >= 11 is 0. The van der Waals surface area contributed by atoms with Crippen LogP contribution < -0.4 is 4.74 Å². The van der Waals surface area contributed by atoms with Crippen LogP contribution in [-0.4, -0.2) is 47.9 Å². The summed E-state index contributed by atoms with van der Waals surface area (Å²) in [5.74, 6) is -1.29. The highest BCUT2D eigenvalue weighted by Gasteiger charge is 2.42. The summed E-state index contributed by atoms with van der Waals surface area (Å²) < 4.78 is 10.8. The average Bonchev–Trinajstić information content (AvgIpc) is 2.90. The van der Waals surface area contributed by atoms with Crippen molar-refractivity contribution < 1.29 is 24.2 Å². The SMILES string of the molecule is COc1cc(C)ccc1[C@@H]1CN(C(=O)OC(C)(C)C)C[C@H]1C(=O)O. The molecule has 0 unspecified atom stereocenters. The van der Waals surface area contributed by atoms with Gasteiger partial charge in [-0.15, -0.1) is 0 Å². The molecule has 1 aliphatic rings. The van der Waals surface area contributed by atoms with Crippen LogP contribution in [0.1, 0.15) is 37.8 Å². The van der Waals surface area contributed by atoms with Crippen molar-refractivity contribution in [2.24, 2.45) is 5.92 Å². The second-order valence-corrected chi connectivity index (χ2v) is 7.18. The number of aryl methyl sites for hydroxylation is 1. The van der Waals surface area contributed by atoms with Crippen LogP contribution in [-0.2, 0) is 9.53 Å². The van der Waals surface area contributed by atoms with Gasteiger partial charge in [0.25, 0.3) is 0 Å². The molecule has 1 heterocycles. The lowest BCUT2D eigenvalue weighted by atomic mass is 9.88. The Kier molecular flexibility index (Phi) is 5.06. The molecule has 1 aliphatic heterocycles. The van der Waals surface area contributed by atoms with Crippen molar-refractivity contribution in [2.45, 2.75) is 39.2 Å². The number of aliphatic carboxylic acids is 1. The molecule has 24 heavy (non-hydrogen) atoms. The van der Waals surface area contributed by atoms with E-state index in [0.717, 1.165) is 11.1 Å². The molecule has 1 aromatic rings. The normalized spacial score (nSPS) is 20.8. The number of likely N-dealkylation sites (tertiary alicyclic amines) is 1. The maximum absolute atomic E-state index is 12.3. The third kappa shape index (κ3) is 3.99. The molecule has 0 spiro atoms. The topological polar surface area (TPSA) is 76.1 Å². The lowest BCUT2D eigenvalue weighted by Gasteiger charge is -2.24. The van der Waals surface area contributed by atoms with Gasteiger partial charge in [0.2, 0.25) is 0 Å². The first-order chi connectivity index (χ1) is 11.1. The second-order valence-electron chi connectivity index (χ2n) is 7.18. The molecule has 0 saturated carbocycles. The van der Waals surface area contributed by atoms with E-state index >= 15 is 0 Å². The van der Waals surface area contributed by atoms with Crippen molar-refractivity contribution in [2.75, 3.05) is 20.2 Å². The fourth-order valence-electron chi connectivity index (χ4n) is 2.97. The van der Waals surface area contributed by atoms with Gasteiger partial charge in [0.1, 0.15) is 11.4 Å². The number of hydrogen-bond donors (Lipinski definition) is 1. The summed E-state index contributed by atoms with van der Waals surface area (Å²) in [5.41, 5.74) is 1.22. The zero-order chi connectivity index (χ0) is 18.1. The second kappa shape index (κ2) is 6.71. The summed E-state index contributed by atoms with van der Waals surface area (Å²) in [7, 11) is 1.56. The Balaban J connectivity index is 2.29. The minimum Gasteiger partial charge on any atom is -0.496 e. The van der Waals surface area contributed by atoms with Gasteiger partial charge in [0.15, 0.2) is 0 Å². The fraction of sp³-hybridized carbons (Fsp3) is 0.556. The number of nitrogens with zero attached hydrogens (tertiary/aromatic N) is 1. The van der Waals surface area contributed by atoms with Gasteiger partial charge >= 0.3 is 12.1 Å². The molecule has 0 radical (unpaired) electrons. The van der Waals surface area contributed by atoms with Gasteiger partial charge in [-0.3, -0.25) is 4.79 Å². The summed E-state index contributed by atoms with van der Waals surface area (Å²) in [6, 6.07) is 5.69. The zero-order valence-corrected chi connectivity index (χ0v) is 14.8. The average molecular weight is 335 g/mol. The Labute approximate surface area is 142 Å². The number of carboxylic acid groups (broad SMARTS) is 1. The monoisotopic (exact) mass is 335 g/mol. The van der Waals surface area contributed by atoms with E-state index in [1.807, 2.05) is 25.1 Å². The lowest BCUT2D eigenvalue weighted by Crippen LogP contribution is -2.35.